The SMILES string of the molecule is CC1CN(C2=CC3Cc4c(F)nsc4N4C5=C(OC(=C2F)C34)C(=O)C(=O)CC5)CCN1. The number of hydrogen-bond donors (Lipinski definition) is 1. The first kappa shape index (κ1) is 19.1. The number of carbonyl (C=O) groups is 2. The van der Waals surface area contributed by atoms with Gasteiger partial charge in [0.25, 0.3) is 5.78 Å². The Hall–Kier alpha value is -2.59. The fourth-order valence-electron chi connectivity index (χ4n) is 5.25. The second kappa shape index (κ2) is 6.70. The molecule has 162 valence electrons. The predicted molar refractivity (Wildman–Crippen MR) is 108 cm³/mol. The number of halogens is 2. The van der Waals surface area contributed by atoms with Crippen LogP contribution in [0.4, 0.5) is 13.8 Å². The number of allylic oxidation sites excluding steroid dienone is 3. The van der Waals surface area contributed by atoms with Crippen molar-refractivity contribution in [3.63, 3.8) is 0 Å². The zero-order valence-corrected chi connectivity index (χ0v) is 17.6. The van der Waals surface area contributed by atoms with Gasteiger partial charge in [-0.1, -0.05) is 6.08 Å². The Morgan fingerprint density at radius 2 is 2.13 bits per heavy atom. The number of aromatic nitrogens is 1. The molecule has 0 radical (unpaired) electrons. The second-order valence-electron chi connectivity index (χ2n) is 8.60. The molecule has 3 unspecified atom stereocenters. The molecule has 0 bridgehead atoms. The van der Waals surface area contributed by atoms with Crippen molar-refractivity contribution < 1.29 is 23.1 Å². The van der Waals surface area contributed by atoms with Gasteiger partial charge in [-0.15, -0.1) is 0 Å². The minimum Gasteiger partial charge on any atom is -0.450 e. The lowest BCUT2D eigenvalue weighted by molar-refractivity contribution is -0.137. The minimum absolute atomic E-state index is 0.0370. The Kier molecular flexibility index (Phi) is 4.13. The third-order valence-corrected chi connectivity index (χ3v) is 7.53. The van der Waals surface area contributed by atoms with E-state index in [0.29, 0.717) is 47.9 Å². The highest BCUT2D eigenvalue weighted by molar-refractivity contribution is 7.10. The van der Waals surface area contributed by atoms with Crippen molar-refractivity contribution in [1.29, 1.82) is 0 Å². The quantitative estimate of drug-likeness (QED) is 0.663. The van der Waals surface area contributed by atoms with Gasteiger partial charge in [-0.2, -0.15) is 8.76 Å². The Balaban J connectivity index is 1.53. The molecule has 4 heterocycles. The first-order valence-electron chi connectivity index (χ1n) is 10.5. The Morgan fingerprint density at radius 1 is 1.29 bits per heavy atom. The topological polar surface area (TPSA) is 74.8 Å². The van der Waals surface area contributed by atoms with E-state index in [-0.39, 0.29) is 29.9 Å². The third kappa shape index (κ3) is 2.67. The molecular weight excluding hydrogens is 426 g/mol. The number of fused-ring (bicyclic) bond motifs is 3. The number of hydrogen-bond acceptors (Lipinski definition) is 8. The van der Waals surface area contributed by atoms with E-state index >= 15 is 4.39 Å². The predicted octanol–water partition coefficient (Wildman–Crippen LogP) is 2.18. The van der Waals surface area contributed by atoms with Gasteiger partial charge in [0.2, 0.25) is 11.7 Å². The molecule has 31 heavy (non-hydrogen) atoms. The van der Waals surface area contributed by atoms with Gasteiger partial charge in [-0.05, 0) is 31.3 Å². The molecule has 5 aliphatic rings. The van der Waals surface area contributed by atoms with Gasteiger partial charge in [0.1, 0.15) is 11.0 Å². The van der Waals surface area contributed by atoms with Crippen LogP contribution in [0.15, 0.2) is 34.8 Å². The van der Waals surface area contributed by atoms with Crippen LogP contribution in [0.5, 0.6) is 0 Å². The van der Waals surface area contributed by atoms with E-state index in [1.54, 1.807) is 4.90 Å². The summed E-state index contributed by atoms with van der Waals surface area (Å²) in [6.07, 6.45) is 2.61. The molecule has 10 heteroatoms. The molecule has 0 spiro atoms. The monoisotopic (exact) mass is 446 g/mol. The van der Waals surface area contributed by atoms with Gasteiger partial charge in [0.05, 0.1) is 11.4 Å². The summed E-state index contributed by atoms with van der Waals surface area (Å²) < 4.78 is 40.2. The number of Topliss-reactive ketones (excluding diaryl/α,β-unsaturated/α-hetero) is 2. The summed E-state index contributed by atoms with van der Waals surface area (Å²) in [4.78, 5) is 28.5. The fourth-order valence-corrected chi connectivity index (χ4v) is 6.12. The molecule has 1 N–H and O–H groups in total. The molecule has 2 aliphatic carbocycles. The normalized spacial score (nSPS) is 30.0. The number of carbonyl (C=O) groups excluding carboxylic acids is 2. The maximum absolute atomic E-state index is 15.9. The van der Waals surface area contributed by atoms with Gasteiger partial charge in [0.15, 0.2) is 17.3 Å². The summed E-state index contributed by atoms with van der Waals surface area (Å²) in [5, 5.41) is 3.90. The third-order valence-electron chi connectivity index (χ3n) is 6.67. The van der Waals surface area contributed by atoms with Crippen molar-refractivity contribution >= 4 is 28.1 Å². The molecule has 6 rings (SSSR count). The highest BCUT2D eigenvalue weighted by Crippen LogP contribution is 2.51. The van der Waals surface area contributed by atoms with Crippen LogP contribution in [0.2, 0.25) is 0 Å². The Labute approximate surface area is 181 Å². The molecule has 0 aromatic carbocycles. The number of nitrogens with zero attached hydrogens (tertiary/aromatic N) is 3. The lowest BCUT2D eigenvalue weighted by Gasteiger charge is -2.49. The Bertz CT molecular complexity index is 1120. The lowest BCUT2D eigenvalue weighted by Crippen LogP contribution is -2.54. The number of piperazine rings is 1. The van der Waals surface area contributed by atoms with Crippen LogP contribution in [0.1, 0.15) is 25.3 Å². The summed E-state index contributed by atoms with van der Waals surface area (Å²) >= 11 is 0.995. The van der Waals surface area contributed by atoms with Gasteiger partial charge < -0.3 is 19.9 Å². The average molecular weight is 446 g/mol. The highest BCUT2D eigenvalue weighted by Gasteiger charge is 2.51. The minimum atomic E-state index is -0.749. The van der Waals surface area contributed by atoms with E-state index in [1.807, 2.05) is 17.9 Å². The molecule has 0 amide bonds. The van der Waals surface area contributed by atoms with Gasteiger partial charge in [-0.3, -0.25) is 9.59 Å². The summed E-state index contributed by atoms with van der Waals surface area (Å²) in [5.41, 5.74) is 1.40. The molecule has 1 saturated heterocycles. The maximum Gasteiger partial charge on any atom is 0.265 e. The molecule has 3 aliphatic heterocycles. The fraction of sp³-hybridized carbons (Fsp3) is 0.476. The number of ketones is 2. The van der Waals surface area contributed by atoms with E-state index in [2.05, 4.69) is 9.69 Å². The van der Waals surface area contributed by atoms with Crippen molar-refractivity contribution in [2.24, 2.45) is 5.92 Å². The zero-order valence-electron chi connectivity index (χ0n) is 16.8. The number of rotatable bonds is 1. The van der Waals surface area contributed by atoms with Crippen molar-refractivity contribution in [2.75, 3.05) is 24.5 Å². The van der Waals surface area contributed by atoms with E-state index < -0.39 is 29.4 Å². The van der Waals surface area contributed by atoms with E-state index in [4.69, 9.17) is 4.74 Å². The molecule has 1 fully saturated rings. The molecule has 7 nitrogen and oxygen atoms in total. The van der Waals surface area contributed by atoms with Crippen molar-refractivity contribution in [3.8, 4) is 0 Å². The molecular formula is C21H20F2N4O3S. The van der Waals surface area contributed by atoms with Crippen molar-refractivity contribution in [1.82, 2.24) is 14.6 Å². The van der Waals surface area contributed by atoms with Gasteiger partial charge in [0, 0.05) is 43.6 Å². The summed E-state index contributed by atoms with van der Waals surface area (Å²) in [5.74, 6) is -2.69. The van der Waals surface area contributed by atoms with Crippen LogP contribution in [-0.2, 0) is 20.7 Å². The summed E-state index contributed by atoms with van der Waals surface area (Å²) in [6.45, 7) is 4.00. The van der Waals surface area contributed by atoms with Crippen molar-refractivity contribution in [2.45, 2.75) is 38.3 Å². The average Bonchev–Trinajstić information content (AvgIpc) is 3.13. The van der Waals surface area contributed by atoms with Crippen LogP contribution in [0.25, 0.3) is 0 Å². The van der Waals surface area contributed by atoms with Crippen LogP contribution in [0, 0.1) is 11.9 Å². The summed E-state index contributed by atoms with van der Waals surface area (Å²) in [7, 11) is 0. The smallest absolute Gasteiger partial charge is 0.265 e. The number of nitrogens with one attached hydrogen (secondary N) is 1. The highest BCUT2D eigenvalue weighted by atomic mass is 32.1. The van der Waals surface area contributed by atoms with E-state index in [1.165, 1.54) is 0 Å². The van der Waals surface area contributed by atoms with Crippen LogP contribution >= 0.6 is 11.5 Å². The van der Waals surface area contributed by atoms with Crippen LogP contribution in [0.3, 0.4) is 0 Å². The maximum atomic E-state index is 15.9. The van der Waals surface area contributed by atoms with E-state index in [9.17, 15) is 14.0 Å². The molecule has 0 saturated carbocycles. The number of ether oxygens (including phenoxy) is 1. The molecule has 3 atom stereocenters. The Morgan fingerprint density at radius 3 is 2.94 bits per heavy atom. The first-order valence-corrected chi connectivity index (χ1v) is 11.2. The number of anilines is 1. The first-order chi connectivity index (χ1) is 14.9. The van der Waals surface area contributed by atoms with Crippen molar-refractivity contribution in [3.05, 3.63) is 46.3 Å². The standard InChI is InChI=1S/C21H20F2N4O3S/c1-9-8-26(5-4-24-9)13-7-10-6-11-20(23)25-31-21(11)27-12-2-3-14(28)17(29)18(12)30-19(15(13)22)16(10)27/h7,9-10,16,24H,2-6,8H2,1H3. The molecule has 1 aromatic heterocycles. The second-order valence-corrected chi connectivity index (χ2v) is 9.35. The zero-order chi connectivity index (χ0) is 21.4. The van der Waals surface area contributed by atoms with Gasteiger partial charge >= 0.3 is 0 Å². The molecule has 1 aromatic rings. The van der Waals surface area contributed by atoms with Gasteiger partial charge in [-0.25, -0.2) is 4.39 Å². The van der Waals surface area contributed by atoms with Crippen LogP contribution < -0.4 is 10.2 Å². The lowest BCUT2D eigenvalue weighted by atomic mass is 9.80. The summed E-state index contributed by atoms with van der Waals surface area (Å²) in [6, 6.07) is -0.325. The van der Waals surface area contributed by atoms with Crippen LogP contribution in [-0.4, -0.2) is 52.6 Å². The largest absolute Gasteiger partial charge is 0.450 e. The van der Waals surface area contributed by atoms with E-state index in [0.717, 1.165) is 18.1 Å².